The van der Waals surface area contributed by atoms with Crippen LogP contribution in [0.25, 0.3) is 0 Å². The van der Waals surface area contributed by atoms with Crippen LogP contribution in [0.3, 0.4) is 0 Å². The number of alkyl carbamates (subject to hydrolysis) is 1. The lowest BCUT2D eigenvalue weighted by Gasteiger charge is -2.36. The minimum absolute atomic E-state index is 0.178. The Kier molecular flexibility index (Phi) is 7.80. The summed E-state index contributed by atoms with van der Waals surface area (Å²) >= 11 is 0. The molecule has 2 rings (SSSR count). The highest BCUT2D eigenvalue weighted by molar-refractivity contribution is 7.92. The zero-order valence-corrected chi connectivity index (χ0v) is 20.3. The average Bonchev–Trinajstić information content (AvgIpc) is 2.65. The summed E-state index contributed by atoms with van der Waals surface area (Å²) in [7, 11) is -4.61. The van der Waals surface area contributed by atoms with Gasteiger partial charge < -0.3 is 15.4 Å². The summed E-state index contributed by atoms with van der Waals surface area (Å²) < 4.78 is 85.2. The quantitative estimate of drug-likeness (QED) is 0.543. The standard InChI is InChI=1S/C22H32F4N2O4S/c1-19(2,3)32-18(29)28-20(4,5)14-27-16-9-11-21(23,12-10-16)33(30,31)17-8-6-7-15(13-17)22(24,25)26/h6-8,13,16,27H,9-12,14H2,1-5H3,(H,28,29)/t16-,21-. The van der Waals surface area contributed by atoms with Gasteiger partial charge in [0.1, 0.15) is 5.60 Å². The maximum atomic E-state index is 15.5. The molecule has 0 radical (unpaired) electrons. The molecule has 0 bridgehead atoms. The molecule has 0 aromatic heterocycles. The number of nitrogens with one attached hydrogen (secondary N) is 2. The van der Waals surface area contributed by atoms with Crippen LogP contribution in [-0.4, -0.2) is 43.2 Å². The summed E-state index contributed by atoms with van der Waals surface area (Å²) in [5.74, 6) is 0. The van der Waals surface area contributed by atoms with Gasteiger partial charge in [0, 0.05) is 12.6 Å². The fraction of sp³-hybridized carbons (Fsp3) is 0.682. The summed E-state index contributed by atoms with van der Waals surface area (Å²) in [5.41, 5.74) is -2.47. The molecule has 1 aromatic carbocycles. The molecule has 2 N–H and O–H groups in total. The maximum Gasteiger partial charge on any atom is 0.416 e. The SMILES string of the molecule is CC(C)(CN[C@H]1CC[C@](F)(S(=O)(=O)c2cccc(C(F)(F)F)c2)CC1)NC(=O)OC(C)(C)C. The third-order valence-electron chi connectivity index (χ3n) is 5.36. The van der Waals surface area contributed by atoms with Crippen LogP contribution in [0.4, 0.5) is 22.4 Å². The Morgan fingerprint density at radius 3 is 2.21 bits per heavy atom. The number of hydrogen-bond donors (Lipinski definition) is 2. The first-order chi connectivity index (χ1) is 14.8. The summed E-state index contributed by atoms with van der Waals surface area (Å²) in [6.07, 6.45) is -5.63. The van der Waals surface area contributed by atoms with E-state index in [4.69, 9.17) is 4.74 Å². The van der Waals surface area contributed by atoms with E-state index in [0.29, 0.717) is 12.6 Å². The molecule has 0 saturated heterocycles. The second-order valence-electron chi connectivity index (χ2n) is 10.1. The number of halogens is 4. The second-order valence-corrected chi connectivity index (χ2v) is 12.3. The molecule has 1 aliphatic carbocycles. The summed E-state index contributed by atoms with van der Waals surface area (Å²) in [6, 6.07) is 2.97. The van der Waals surface area contributed by atoms with E-state index >= 15 is 4.39 Å². The lowest BCUT2D eigenvalue weighted by Crippen LogP contribution is -2.54. The van der Waals surface area contributed by atoms with Gasteiger partial charge in [0.25, 0.3) is 0 Å². The van der Waals surface area contributed by atoms with Crippen LogP contribution >= 0.6 is 0 Å². The summed E-state index contributed by atoms with van der Waals surface area (Å²) in [6.45, 7) is 9.13. The number of hydrogen-bond acceptors (Lipinski definition) is 5. The molecule has 6 nitrogen and oxygen atoms in total. The third kappa shape index (κ3) is 7.30. The van der Waals surface area contributed by atoms with Gasteiger partial charge in [0.15, 0.2) is 0 Å². The summed E-state index contributed by atoms with van der Waals surface area (Å²) in [5, 5.41) is 3.31. The number of sulfone groups is 1. The van der Waals surface area contributed by atoms with Crippen molar-refractivity contribution in [1.82, 2.24) is 10.6 Å². The van der Waals surface area contributed by atoms with Crippen LogP contribution < -0.4 is 10.6 Å². The first-order valence-electron chi connectivity index (χ1n) is 10.7. The minimum atomic E-state index is -4.73. The molecule has 1 aromatic rings. The number of ether oxygens (including phenoxy) is 1. The number of alkyl halides is 4. The third-order valence-corrected chi connectivity index (χ3v) is 7.60. The Bertz CT molecular complexity index is 948. The highest BCUT2D eigenvalue weighted by Gasteiger charge is 2.48. The Morgan fingerprint density at radius 1 is 1.12 bits per heavy atom. The molecule has 1 aliphatic rings. The van der Waals surface area contributed by atoms with Crippen molar-refractivity contribution < 1.29 is 35.5 Å². The van der Waals surface area contributed by atoms with Crippen LogP contribution in [0.1, 0.15) is 65.9 Å². The Labute approximate surface area is 192 Å². The van der Waals surface area contributed by atoms with Crippen molar-refractivity contribution >= 4 is 15.9 Å². The Balaban J connectivity index is 1.98. The molecular weight excluding hydrogens is 464 g/mol. The van der Waals surface area contributed by atoms with Gasteiger partial charge in [-0.15, -0.1) is 0 Å². The van der Waals surface area contributed by atoms with Crippen LogP contribution in [0.2, 0.25) is 0 Å². The average molecular weight is 497 g/mol. The van der Waals surface area contributed by atoms with Crippen molar-refractivity contribution in [2.24, 2.45) is 0 Å². The predicted octanol–water partition coefficient (Wildman–Crippen LogP) is 4.98. The monoisotopic (exact) mass is 496 g/mol. The lowest BCUT2D eigenvalue weighted by atomic mass is 9.92. The fourth-order valence-corrected chi connectivity index (χ4v) is 5.33. The van der Waals surface area contributed by atoms with Crippen molar-refractivity contribution in [2.45, 2.75) is 93.6 Å². The van der Waals surface area contributed by atoms with E-state index in [1.54, 1.807) is 34.6 Å². The molecule has 1 fully saturated rings. The number of benzene rings is 1. The molecule has 188 valence electrons. The van der Waals surface area contributed by atoms with Gasteiger partial charge in [0.2, 0.25) is 14.8 Å². The van der Waals surface area contributed by atoms with E-state index in [1.807, 2.05) is 0 Å². The van der Waals surface area contributed by atoms with Gasteiger partial charge >= 0.3 is 12.3 Å². The first kappa shape index (κ1) is 27.4. The van der Waals surface area contributed by atoms with E-state index in [2.05, 4.69) is 10.6 Å². The van der Waals surface area contributed by atoms with Crippen molar-refractivity contribution in [3.8, 4) is 0 Å². The maximum absolute atomic E-state index is 15.5. The zero-order chi connectivity index (χ0) is 25.3. The van der Waals surface area contributed by atoms with E-state index in [9.17, 15) is 26.4 Å². The lowest BCUT2D eigenvalue weighted by molar-refractivity contribution is -0.137. The van der Waals surface area contributed by atoms with Gasteiger partial charge in [-0.25, -0.2) is 17.6 Å². The van der Waals surface area contributed by atoms with E-state index < -0.39 is 48.7 Å². The van der Waals surface area contributed by atoms with Crippen LogP contribution in [0.5, 0.6) is 0 Å². The molecule has 1 saturated carbocycles. The number of carbonyl (C=O) groups excluding carboxylic acids is 1. The predicted molar refractivity (Wildman–Crippen MR) is 116 cm³/mol. The number of amides is 1. The highest BCUT2D eigenvalue weighted by atomic mass is 32.2. The van der Waals surface area contributed by atoms with Gasteiger partial charge in [-0.1, -0.05) is 6.07 Å². The molecule has 33 heavy (non-hydrogen) atoms. The van der Waals surface area contributed by atoms with Crippen LogP contribution in [0.15, 0.2) is 29.2 Å². The molecule has 0 unspecified atom stereocenters. The highest BCUT2D eigenvalue weighted by Crippen LogP contribution is 2.41. The molecular formula is C22H32F4N2O4S. The minimum Gasteiger partial charge on any atom is -0.444 e. The van der Waals surface area contributed by atoms with Crippen molar-refractivity contribution in [3.05, 3.63) is 29.8 Å². The zero-order valence-electron chi connectivity index (χ0n) is 19.5. The number of carbonyl (C=O) groups is 1. The Morgan fingerprint density at radius 2 is 1.70 bits per heavy atom. The second kappa shape index (κ2) is 9.40. The van der Waals surface area contributed by atoms with E-state index in [1.165, 1.54) is 0 Å². The molecule has 0 aliphatic heterocycles. The molecule has 0 atom stereocenters. The van der Waals surface area contributed by atoms with E-state index in [0.717, 1.165) is 18.2 Å². The first-order valence-corrected chi connectivity index (χ1v) is 12.2. The molecule has 1 amide bonds. The normalized spacial score (nSPS) is 22.6. The largest absolute Gasteiger partial charge is 0.444 e. The summed E-state index contributed by atoms with van der Waals surface area (Å²) in [4.78, 5) is 11.3. The topological polar surface area (TPSA) is 84.5 Å². The van der Waals surface area contributed by atoms with Crippen LogP contribution in [-0.2, 0) is 20.8 Å². The van der Waals surface area contributed by atoms with Gasteiger partial charge in [0.05, 0.1) is 16.0 Å². The molecule has 0 spiro atoms. The van der Waals surface area contributed by atoms with Crippen LogP contribution in [0, 0.1) is 0 Å². The van der Waals surface area contributed by atoms with Crippen molar-refractivity contribution in [1.29, 1.82) is 0 Å². The fourth-order valence-electron chi connectivity index (χ4n) is 3.60. The van der Waals surface area contributed by atoms with Gasteiger partial charge in [-0.2, -0.15) is 13.2 Å². The van der Waals surface area contributed by atoms with E-state index in [-0.39, 0.29) is 31.7 Å². The van der Waals surface area contributed by atoms with Crippen molar-refractivity contribution in [2.75, 3.05) is 6.54 Å². The Hall–Kier alpha value is -1.88. The molecule has 11 heteroatoms. The number of rotatable bonds is 6. The van der Waals surface area contributed by atoms with Gasteiger partial charge in [-0.3, -0.25) is 0 Å². The molecule has 0 heterocycles. The van der Waals surface area contributed by atoms with Gasteiger partial charge in [-0.05, 0) is 78.5 Å². The van der Waals surface area contributed by atoms with Crippen molar-refractivity contribution in [3.63, 3.8) is 0 Å². The smallest absolute Gasteiger partial charge is 0.416 e.